The van der Waals surface area contributed by atoms with E-state index in [1.807, 2.05) is 14.0 Å². The van der Waals surface area contributed by atoms with Crippen LogP contribution in [0.1, 0.15) is 19.4 Å². The highest BCUT2D eigenvalue weighted by Crippen LogP contribution is 2.36. The summed E-state index contributed by atoms with van der Waals surface area (Å²) in [5, 5.41) is 11.7. The number of nitro groups is 1. The van der Waals surface area contributed by atoms with Gasteiger partial charge in [0.25, 0.3) is 5.69 Å². The minimum absolute atomic E-state index is 0.106. The average Bonchev–Trinajstić information content (AvgIpc) is 2.54. The predicted molar refractivity (Wildman–Crippen MR) is 79.2 cm³/mol. The van der Waals surface area contributed by atoms with Gasteiger partial charge in [-0.1, -0.05) is 11.8 Å². The third-order valence-electron chi connectivity index (χ3n) is 2.92. The van der Waals surface area contributed by atoms with Crippen molar-refractivity contribution in [3.63, 3.8) is 0 Å². The van der Waals surface area contributed by atoms with E-state index in [2.05, 4.69) is 23.7 Å². The van der Waals surface area contributed by atoms with Crippen molar-refractivity contribution < 1.29 is 4.92 Å². The fraction of sp³-hybridized carbons (Fsp3) is 0.462. The molecule has 0 aromatic heterocycles. The number of hydrogen-bond acceptors (Lipinski definition) is 4. The zero-order valence-electron chi connectivity index (χ0n) is 11.5. The number of nitro benzene ring substituents is 1. The highest BCUT2D eigenvalue weighted by molar-refractivity contribution is 8.15. The molecule has 0 unspecified atom stereocenters. The summed E-state index contributed by atoms with van der Waals surface area (Å²) in [4.78, 5) is 17.1. The molecular weight excluding hydrogens is 262 g/mol. The maximum absolute atomic E-state index is 10.7. The van der Waals surface area contributed by atoms with E-state index >= 15 is 0 Å². The van der Waals surface area contributed by atoms with Crippen molar-refractivity contribution in [1.29, 1.82) is 0 Å². The van der Waals surface area contributed by atoms with Gasteiger partial charge in [0.2, 0.25) is 0 Å². The Hall–Kier alpha value is -1.56. The largest absolute Gasteiger partial charge is 0.353 e. The zero-order valence-corrected chi connectivity index (χ0v) is 12.3. The summed E-state index contributed by atoms with van der Waals surface area (Å²) >= 11 is 1.73. The Morgan fingerprint density at radius 1 is 1.47 bits per heavy atom. The van der Waals surface area contributed by atoms with Crippen LogP contribution in [-0.2, 0) is 0 Å². The molecule has 0 amide bonds. The molecule has 5 nitrogen and oxygen atoms in total. The first-order valence-corrected chi connectivity index (χ1v) is 6.84. The quantitative estimate of drug-likeness (QED) is 0.615. The summed E-state index contributed by atoms with van der Waals surface area (Å²) < 4.78 is 0.155. The molecular formula is C13H17N3O2S. The highest BCUT2D eigenvalue weighted by atomic mass is 32.2. The van der Waals surface area contributed by atoms with Crippen LogP contribution in [-0.4, -0.2) is 33.3 Å². The van der Waals surface area contributed by atoms with Crippen LogP contribution in [0.25, 0.3) is 0 Å². The maximum Gasteiger partial charge on any atom is 0.269 e. The van der Waals surface area contributed by atoms with Crippen LogP contribution in [0.5, 0.6) is 0 Å². The van der Waals surface area contributed by atoms with Gasteiger partial charge in [-0.3, -0.25) is 10.1 Å². The number of aliphatic imine (C=N–C) groups is 1. The minimum Gasteiger partial charge on any atom is -0.353 e. The monoisotopic (exact) mass is 279 g/mol. The fourth-order valence-electron chi connectivity index (χ4n) is 2.09. The first-order chi connectivity index (χ1) is 8.78. The third-order valence-corrected chi connectivity index (χ3v) is 4.19. The molecule has 2 rings (SSSR count). The number of aryl methyl sites for hydroxylation is 1. The van der Waals surface area contributed by atoms with Crippen molar-refractivity contribution in [2.45, 2.75) is 25.5 Å². The summed E-state index contributed by atoms with van der Waals surface area (Å²) in [7, 11) is 2.02. The molecule has 0 atom stereocenters. The van der Waals surface area contributed by atoms with Crippen molar-refractivity contribution in [2.24, 2.45) is 4.99 Å². The lowest BCUT2D eigenvalue weighted by Gasteiger charge is -2.13. The van der Waals surface area contributed by atoms with Crippen LogP contribution < -0.4 is 0 Å². The molecule has 0 bridgehead atoms. The number of rotatable bonds is 2. The fourth-order valence-corrected chi connectivity index (χ4v) is 3.20. The standard InChI is InChI=1S/C13H17N3O2S/c1-9-7-10(16(17)18)5-6-11(9)14-12-15(4)8-13(2,3)19-12/h5-7H,8H2,1-4H3. The molecule has 0 N–H and O–H groups in total. The van der Waals surface area contributed by atoms with Gasteiger partial charge >= 0.3 is 0 Å². The highest BCUT2D eigenvalue weighted by Gasteiger charge is 2.33. The van der Waals surface area contributed by atoms with Crippen LogP contribution >= 0.6 is 11.8 Å². The zero-order chi connectivity index (χ0) is 14.2. The van der Waals surface area contributed by atoms with Gasteiger partial charge in [0, 0.05) is 30.5 Å². The van der Waals surface area contributed by atoms with E-state index in [0.29, 0.717) is 0 Å². The molecule has 0 spiro atoms. The van der Waals surface area contributed by atoms with Crippen molar-refractivity contribution in [1.82, 2.24) is 4.90 Å². The number of hydrogen-bond donors (Lipinski definition) is 0. The first kappa shape index (κ1) is 13.9. The summed E-state index contributed by atoms with van der Waals surface area (Å²) in [5.74, 6) is 0. The van der Waals surface area contributed by atoms with Crippen molar-refractivity contribution in [2.75, 3.05) is 13.6 Å². The molecule has 0 saturated carbocycles. The van der Waals surface area contributed by atoms with Gasteiger partial charge in [0.05, 0.1) is 10.6 Å². The summed E-state index contributed by atoms with van der Waals surface area (Å²) in [6.45, 7) is 7.15. The van der Waals surface area contributed by atoms with Gasteiger partial charge in [-0.05, 0) is 32.4 Å². The molecule has 1 aliphatic rings. The molecule has 6 heteroatoms. The molecule has 1 aliphatic heterocycles. The number of benzene rings is 1. The number of nitrogens with zero attached hydrogens (tertiary/aromatic N) is 3. The normalized spacial score (nSPS) is 20.0. The van der Waals surface area contributed by atoms with Crippen molar-refractivity contribution in [3.8, 4) is 0 Å². The van der Waals surface area contributed by atoms with Gasteiger partial charge < -0.3 is 4.90 Å². The molecule has 1 fully saturated rings. The van der Waals surface area contributed by atoms with Gasteiger partial charge in [-0.25, -0.2) is 4.99 Å². The second kappa shape index (κ2) is 4.85. The van der Waals surface area contributed by atoms with E-state index in [-0.39, 0.29) is 15.4 Å². The van der Waals surface area contributed by atoms with E-state index in [0.717, 1.165) is 23.0 Å². The Morgan fingerprint density at radius 2 is 2.16 bits per heavy atom. The van der Waals surface area contributed by atoms with E-state index < -0.39 is 0 Å². The van der Waals surface area contributed by atoms with Crippen molar-refractivity contribution >= 4 is 28.3 Å². The van der Waals surface area contributed by atoms with E-state index in [1.165, 1.54) is 6.07 Å². The first-order valence-electron chi connectivity index (χ1n) is 6.02. The van der Waals surface area contributed by atoms with Gasteiger partial charge in [-0.15, -0.1) is 0 Å². The SMILES string of the molecule is Cc1cc([N+](=O)[O-])ccc1N=C1SC(C)(C)CN1C. The van der Waals surface area contributed by atoms with Crippen LogP contribution in [0.2, 0.25) is 0 Å². The average molecular weight is 279 g/mol. The van der Waals surface area contributed by atoms with Gasteiger partial charge in [-0.2, -0.15) is 0 Å². The molecule has 1 saturated heterocycles. The summed E-state index contributed by atoms with van der Waals surface area (Å²) in [6.07, 6.45) is 0. The molecule has 1 aromatic carbocycles. The van der Waals surface area contributed by atoms with Gasteiger partial charge in [0.15, 0.2) is 5.17 Å². The minimum atomic E-state index is -0.385. The van der Waals surface area contributed by atoms with E-state index in [1.54, 1.807) is 23.9 Å². The predicted octanol–water partition coefficient (Wildman–Crippen LogP) is 3.35. The number of non-ortho nitro benzene ring substituents is 1. The van der Waals surface area contributed by atoms with E-state index in [9.17, 15) is 10.1 Å². The lowest BCUT2D eigenvalue weighted by Crippen LogP contribution is -2.24. The topological polar surface area (TPSA) is 58.7 Å². The molecule has 1 aromatic rings. The third kappa shape index (κ3) is 3.07. The molecule has 1 heterocycles. The lowest BCUT2D eigenvalue weighted by molar-refractivity contribution is -0.384. The van der Waals surface area contributed by atoms with Crippen LogP contribution in [0.4, 0.5) is 11.4 Å². The lowest BCUT2D eigenvalue weighted by atomic mass is 10.2. The number of amidine groups is 1. The van der Waals surface area contributed by atoms with Crippen LogP contribution in [0.15, 0.2) is 23.2 Å². The molecule has 0 radical (unpaired) electrons. The Morgan fingerprint density at radius 3 is 2.63 bits per heavy atom. The second-order valence-corrected chi connectivity index (χ2v) is 7.01. The summed E-state index contributed by atoms with van der Waals surface area (Å²) in [6, 6.07) is 4.77. The Bertz CT molecular complexity index is 555. The summed E-state index contributed by atoms with van der Waals surface area (Å²) in [5.41, 5.74) is 1.72. The van der Waals surface area contributed by atoms with E-state index in [4.69, 9.17) is 0 Å². The smallest absolute Gasteiger partial charge is 0.269 e. The molecule has 19 heavy (non-hydrogen) atoms. The molecule has 0 aliphatic carbocycles. The second-order valence-electron chi connectivity index (χ2n) is 5.34. The Labute approximate surface area is 116 Å². The van der Waals surface area contributed by atoms with Crippen LogP contribution in [0.3, 0.4) is 0 Å². The number of thioether (sulfide) groups is 1. The molecule has 102 valence electrons. The van der Waals surface area contributed by atoms with Gasteiger partial charge in [0.1, 0.15) is 0 Å². The Kier molecular flexibility index (Phi) is 3.54. The van der Waals surface area contributed by atoms with Crippen molar-refractivity contribution in [3.05, 3.63) is 33.9 Å². The van der Waals surface area contributed by atoms with Crippen LogP contribution in [0, 0.1) is 17.0 Å². The maximum atomic E-state index is 10.7. The Balaban J connectivity index is 2.31.